The molecular formula is C15H17N5. The third-order valence-corrected chi connectivity index (χ3v) is 3.26. The average molecular weight is 267 g/mol. The smallest absolute Gasteiger partial charge is 0.243 e. The van der Waals surface area contributed by atoms with E-state index in [1.165, 1.54) is 0 Å². The topological polar surface area (TPSA) is 68.2 Å². The Bertz CT molecular complexity index is 730. The standard InChI is InChI=1S/C15H17N5/c1-10-3-8-14-18-15(19-20(14)9-10)17-11(2)12-4-6-13(16)7-5-12/h3-9,11H,16H2,1-2H3,(H,17,19). The fourth-order valence-electron chi connectivity index (χ4n) is 2.11. The summed E-state index contributed by atoms with van der Waals surface area (Å²) >= 11 is 0. The molecule has 0 fully saturated rings. The molecule has 2 heterocycles. The Morgan fingerprint density at radius 3 is 2.65 bits per heavy atom. The quantitative estimate of drug-likeness (QED) is 0.716. The van der Waals surface area contributed by atoms with E-state index in [1.54, 1.807) is 4.52 Å². The van der Waals surface area contributed by atoms with Gasteiger partial charge in [0.2, 0.25) is 5.95 Å². The number of hydrogen-bond acceptors (Lipinski definition) is 4. The molecule has 0 bridgehead atoms. The van der Waals surface area contributed by atoms with Crippen molar-refractivity contribution in [3.05, 3.63) is 53.7 Å². The Labute approximate surface area is 117 Å². The van der Waals surface area contributed by atoms with Crippen molar-refractivity contribution in [2.45, 2.75) is 19.9 Å². The van der Waals surface area contributed by atoms with E-state index < -0.39 is 0 Å². The van der Waals surface area contributed by atoms with Crippen molar-refractivity contribution in [2.24, 2.45) is 0 Å². The van der Waals surface area contributed by atoms with Gasteiger partial charge in [0.25, 0.3) is 0 Å². The number of anilines is 2. The van der Waals surface area contributed by atoms with Gasteiger partial charge in [-0.15, -0.1) is 5.10 Å². The normalized spacial score (nSPS) is 12.5. The monoisotopic (exact) mass is 267 g/mol. The molecule has 0 saturated carbocycles. The van der Waals surface area contributed by atoms with Gasteiger partial charge < -0.3 is 11.1 Å². The highest BCUT2D eigenvalue weighted by Crippen LogP contribution is 2.18. The zero-order valence-corrected chi connectivity index (χ0v) is 11.5. The molecule has 0 spiro atoms. The van der Waals surface area contributed by atoms with Crippen LogP contribution in [0.3, 0.4) is 0 Å². The zero-order chi connectivity index (χ0) is 14.1. The second-order valence-electron chi connectivity index (χ2n) is 4.98. The minimum atomic E-state index is 0.120. The van der Waals surface area contributed by atoms with E-state index in [1.807, 2.05) is 49.5 Å². The van der Waals surface area contributed by atoms with Crippen LogP contribution in [0.25, 0.3) is 5.65 Å². The SMILES string of the molecule is Cc1ccc2nc(NC(C)c3ccc(N)cc3)nn2c1. The van der Waals surface area contributed by atoms with Gasteiger partial charge in [0.05, 0.1) is 6.04 Å². The van der Waals surface area contributed by atoms with E-state index in [4.69, 9.17) is 5.73 Å². The molecule has 1 unspecified atom stereocenters. The summed E-state index contributed by atoms with van der Waals surface area (Å²) in [5, 5.41) is 7.73. The van der Waals surface area contributed by atoms with Gasteiger partial charge in [0.1, 0.15) is 0 Å². The number of hydrogen-bond donors (Lipinski definition) is 2. The van der Waals surface area contributed by atoms with E-state index >= 15 is 0 Å². The Morgan fingerprint density at radius 2 is 1.90 bits per heavy atom. The number of nitrogens with one attached hydrogen (secondary N) is 1. The second kappa shape index (κ2) is 4.85. The van der Waals surface area contributed by atoms with Gasteiger partial charge in [0, 0.05) is 11.9 Å². The van der Waals surface area contributed by atoms with Crippen molar-refractivity contribution in [1.82, 2.24) is 14.6 Å². The lowest BCUT2D eigenvalue weighted by atomic mass is 10.1. The van der Waals surface area contributed by atoms with E-state index in [-0.39, 0.29) is 6.04 Å². The fraction of sp³-hybridized carbons (Fsp3) is 0.200. The van der Waals surface area contributed by atoms with Gasteiger partial charge in [-0.2, -0.15) is 4.98 Å². The third-order valence-electron chi connectivity index (χ3n) is 3.26. The number of nitrogen functional groups attached to an aromatic ring is 1. The number of nitrogens with two attached hydrogens (primary N) is 1. The largest absolute Gasteiger partial charge is 0.399 e. The summed E-state index contributed by atoms with van der Waals surface area (Å²) in [7, 11) is 0. The van der Waals surface area contributed by atoms with Crippen molar-refractivity contribution in [3.63, 3.8) is 0 Å². The van der Waals surface area contributed by atoms with Crippen LogP contribution in [0.5, 0.6) is 0 Å². The molecule has 0 radical (unpaired) electrons. The van der Waals surface area contributed by atoms with E-state index in [2.05, 4.69) is 22.3 Å². The molecule has 0 aliphatic carbocycles. The van der Waals surface area contributed by atoms with Gasteiger partial charge in [-0.1, -0.05) is 18.2 Å². The van der Waals surface area contributed by atoms with Gasteiger partial charge in [-0.05, 0) is 43.2 Å². The number of aryl methyl sites for hydroxylation is 1. The first kappa shape index (κ1) is 12.5. The molecule has 3 N–H and O–H groups in total. The van der Waals surface area contributed by atoms with Crippen LogP contribution in [0.1, 0.15) is 24.1 Å². The summed E-state index contributed by atoms with van der Waals surface area (Å²) in [5.74, 6) is 0.625. The number of benzene rings is 1. The number of pyridine rings is 1. The van der Waals surface area contributed by atoms with Crippen LogP contribution in [-0.2, 0) is 0 Å². The van der Waals surface area contributed by atoms with E-state index in [0.29, 0.717) is 5.95 Å². The van der Waals surface area contributed by atoms with Crippen molar-refractivity contribution < 1.29 is 0 Å². The van der Waals surface area contributed by atoms with Gasteiger partial charge in [-0.3, -0.25) is 0 Å². The maximum Gasteiger partial charge on any atom is 0.243 e. The highest BCUT2D eigenvalue weighted by Gasteiger charge is 2.09. The minimum absolute atomic E-state index is 0.120. The van der Waals surface area contributed by atoms with Crippen LogP contribution in [0, 0.1) is 6.92 Å². The first-order chi connectivity index (χ1) is 9.61. The van der Waals surface area contributed by atoms with Crippen LogP contribution < -0.4 is 11.1 Å². The number of fused-ring (bicyclic) bond motifs is 1. The lowest BCUT2D eigenvalue weighted by Gasteiger charge is -2.12. The van der Waals surface area contributed by atoms with Crippen molar-refractivity contribution in [3.8, 4) is 0 Å². The highest BCUT2D eigenvalue weighted by atomic mass is 15.3. The predicted octanol–water partition coefficient (Wildman–Crippen LogP) is 2.79. The lowest BCUT2D eigenvalue weighted by Crippen LogP contribution is -2.08. The molecule has 1 aromatic carbocycles. The molecule has 3 aromatic rings. The van der Waals surface area contributed by atoms with Crippen LogP contribution in [0.4, 0.5) is 11.6 Å². The van der Waals surface area contributed by atoms with Crippen LogP contribution >= 0.6 is 0 Å². The maximum atomic E-state index is 5.70. The molecule has 0 saturated heterocycles. The molecule has 5 heteroatoms. The predicted molar refractivity (Wildman–Crippen MR) is 80.6 cm³/mol. The molecule has 102 valence electrons. The maximum absolute atomic E-state index is 5.70. The molecule has 0 aliphatic rings. The molecular weight excluding hydrogens is 250 g/mol. The number of aromatic nitrogens is 3. The summed E-state index contributed by atoms with van der Waals surface area (Å²) < 4.78 is 1.79. The Balaban J connectivity index is 1.83. The summed E-state index contributed by atoms with van der Waals surface area (Å²) in [4.78, 5) is 4.45. The molecule has 0 amide bonds. The van der Waals surface area contributed by atoms with E-state index in [0.717, 1.165) is 22.5 Å². The number of nitrogens with zero attached hydrogens (tertiary/aromatic N) is 3. The summed E-state index contributed by atoms with van der Waals surface area (Å²) in [5.41, 5.74) is 9.60. The Hall–Kier alpha value is -2.56. The second-order valence-corrected chi connectivity index (χ2v) is 4.98. The summed E-state index contributed by atoms with van der Waals surface area (Å²) in [6.45, 7) is 4.10. The summed E-state index contributed by atoms with van der Waals surface area (Å²) in [6.07, 6.45) is 1.96. The van der Waals surface area contributed by atoms with Crippen LogP contribution in [0.2, 0.25) is 0 Å². The molecule has 0 aliphatic heterocycles. The van der Waals surface area contributed by atoms with Gasteiger partial charge >= 0.3 is 0 Å². The highest BCUT2D eigenvalue weighted by molar-refractivity contribution is 5.46. The number of rotatable bonds is 3. The van der Waals surface area contributed by atoms with Gasteiger partial charge in [0.15, 0.2) is 5.65 Å². The van der Waals surface area contributed by atoms with Crippen LogP contribution in [-0.4, -0.2) is 14.6 Å². The average Bonchev–Trinajstić information content (AvgIpc) is 2.80. The molecule has 1 atom stereocenters. The molecule has 2 aromatic heterocycles. The first-order valence-corrected chi connectivity index (χ1v) is 6.57. The minimum Gasteiger partial charge on any atom is -0.399 e. The Morgan fingerprint density at radius 1 is 1.15 bits per heavy atom. The molecule has 3 rings (SSSR count). The van der Waals surface area contributed by atoms with E-state index in [9.17, 15) is 0 Å². The fourth-order valence-corrected chi connectivity index (χ4v) is 2.11. The molecule has 5 nitrogen and oxygen atoms in total. The zero-order valence-electron chi connectivity index (χ0n) is 11.5. The molecule has 20 heavy (non-hydrogen) atoms. The summed E-state index contributed by atoms with van der Waals surface area (Å²) in [6, 6.07) is 11.9. The van der Waals surface area contributed by atoms with Crippen LogP contribution in [0.15, 0.2) is 42.6 Å². The lowest BCUT2D eigenvalue weighted by molar-refractivity contribution is 0.852. The third kappa shape index (κ3) is 2.42. The van der Waals surface area contributed by atoms with Crippen molar-refractivity contribution in [2.75, 3.05) is 11.1 Å². The van der Waals surface area contributed by atoms with Crippen molar-refractivity contribution >= 4 is 17.3 Å². The Kier molecular flexibility index (Phi) is 3.02. The first-order valence-electron chi connectivity index (χ1n) is 6.57. The van der Waals surface area contributed by atoms with Gasteiger partial charge in [-0.25, -0.2) is 4.52 Å². The van der Waals surface area contributed by atoms with Crippen molar-refractivity contribution in [1.29, 1.82) is 0 Å².